The van der Waals surface area contributed by atoms with Crippen LogP contribution in [-0.2, 0) is 0 Å². The van der Waals surface area contributed by atoms with E-state index in [1.807, 2.05) is 12.1 Å². The first kappa shape index (κ1) is 18.2. The molecule has 0 bridgehead atoms. The molecule has 0 aliphatic carbocycles. The Morgan fingerprint density at radius 1 is 0.387 bits per heavy atom. The van der Waals surface area contributed by atoms with Gasteiger partial charge in [-0.2, -0.15) is 0 Å². The zero-order valence-corrected chi connectivity index (χ0v) is 17.6. The maximum atomic E-state index is 6.20. The molecule has 0 amide bonds. The highest BCUT2D eigenvalue weighted by atomic mass is 35.5. The van der Waals surface area contributed by atoms with Gasteiger partial charge in [0, 0.05) is 5.02 Å². The molecule has 1 heteroatoms. The van der Waals surface area contributed by atoms with Crippen LogP contribution in [-0.4, -0.2) is 0 Å². The molecule has 0 fully saturated rings. The molecular formula is C30H19Cl. The molecule has 6 rings (SSSR count). The first-order valence-electron chi connectivity index (χ1n) is 10.5. The van der Waals surface area contributed by atoms with Crippen molar-refractivity contribution < 1.29 is 0 Å². The summed E-state index contributed by atoms with van der Waals surface area (Å²) >= 11 is 6.20. The third-order valence-corrected chi connectivity index (χ3v) is 6.38. The maximum absolute atomic E-state index is 6.20. The Morgan fingerprint density at radius 3 is 1.48 bits per heavy atom. The van der Waals surface area contributed by atoms with Crippen LogP contribution in [0.4, 0.5) is 0 Å². The van der Waals surface area contributed by atoms with Crippen LogP contribution in [0.2, 0.25) is 5.02 Å². The van der Waals surface area contributed by atoms with E-state index >= 15 is 0 Å². The summed E-state index contributed by atoms with van der Waals surface area (Å²) in [6.07, 6.45) is 0. The molecule has 0 unspecified atom stereocenters. The summed E-state index contributed by atoms with van der Waals surface area (Å²) in [6.45, 7) is 0. The van der Waals surface area contributed by atoms with Gasteiger partial charge >= 0.3 is 0 Å². The van der Waals surface area contributed by atoms with Crippen molar-refractivity contribution in [3.63, 3.8) is 0 Å². The van der Waals surface area contributed by atoms with E-state index in [0.717, 1.165) is 5.02 Å². The number of fused-ring (bicyclic) bond motifs is 3. The van der Waals surface area contributed by atoms with Crippen LogP contribution in [0.25, 0.3) is 54.6 Å². The quantitative estimate of drug-likeness (QED) is 0.248. The minimum absolute atomic E-state index is 0.754. The van der Waals surface area contributed by atoms with Crippen molar-refractivity contribution in [1.29, 1.82) is 0 Å². The van der Waals surface area contributed by atoms with Gasteiger partial charge in [-0.3, -0.25) is 0 Å². The largest absolute Gasteiger partial charge is 0.0843 e. The molecule has 6 aromatic rings. The molecule has 0 heterocycles. The second-order valence-electron chi connectivity index (χ2n) is 7.87. The summed E-state index contributed by atoms with van der Waals surface area (Å²) < 4.78 is 0. The molecule has 0 aliphatic heterocycles. The SMILES string of the molecule is Clc1ccc(-c2c3ccccc3c(-c3cccc4ccccc34)c3ccccc23)cc1. The van der Waals surface area contributed by atoms with Crippen molar-refractivity contribution in [2.75, 3.05) is 0 Å². The smallest absolute Gasteiger partial charge is 0.0406 e. The van der Waals surface area contributed by atoms with Crippen molar-refractivity contribution in [3.8, 4) is 22.3 Å². The Kier molecular flexibility index (Phi) is 4.26. The highest BCUT2D eigenvalue weighted by Crippen LogP contribution is 2.45. The first-order valence-corrected chi connectivity index (χ1v) is 10.9. The van der Waals surface area contributed by atoms with Gasteiger partial charge in [0.15, 0.2) is 0 Å². The van der Waals surface area contributed by atoms with E-state index in [4.69, 9.17) is 11.6 Å². The average molecular weight is 415 g/mol. The molecule has 6 aromatic carbocycles. The average Bonchev–Trinajstić information content (AvgIpc) is 2.83. The zero-order valence-electron chi connectivity index (χ0n) is 16.8. The Balaban J connectivity index is 1.82. The Hall–Kier alpha value is -3.61. The van der Waals surface area contributed by atoms with Crippen molar-refractivity contribution in [2.45, 2.75) is 0 Å². The van der Waals surface area contributed by atoms with Crippen molar-refractivity contribution in [3.05, 3.63) is 120 Å². The highest BCUT2D eigenvalue weighted by molar-refractivity contribution is 6.30. The number of hydrogen-bond donors (Lipinski definition) is 0. The molecule has 0 saturated heterocycles. The number of benzene rings is 6. The van der Waals surface area contributed by atoms with Gasteiger partial charge in [0.2, 0.25) is 0 Å². The Morgan fingerprint density at radius 2 is 0.871 bits per heavy atom. The normalized spacial score (nSPS) is 11.4. The lowest BCUT2D eigenvalue weighted by atomic mass is 9.85. The van der Waals surface area contributed by atoms with Gasteiger partial charge in [-0.25, -0.2) is 0 Å². The fraction of sp³-hybridized carbons (Fsp3) is 0. The molecule has 0 N–H and O–H groups in total. The van der Waals surface area contributed by atoms with E-state index in [1.54, 1.807) is 0 Å². The highest BCUT2D eigenvalue weighted by Gasteiger charge is 2.17. The molecule has 0 aliphatic rings. The second-order valence-corrected chi connectivity index (χ2v) is 8.31. The lowest BCUT2D eigenvalue weighted by Gasteiger charge is -2.18. The van der Waals surface area contributed by atoms with Crippen LogP contribution < -0.4 is 0 Å². The summed E-state index contributed by atoms with van der Waals surface area (Å²) in [4.78, 5) is 0. The predicted molar refractivity (Wildman–Crippen MR) is 135 cm³/mol. The third kappa shape index (κ3) is 2.91. The van der Waals surface area contributed by atoms with Gasteiger partial charge in [0.1, 0.15) is 0 Å². The van der Waals surface area contributed by atoms with Crippen molar-refractivity contribution in [2.24, 2.45) is 0 Å². The van der Waals surface area contributed by atoms with E-state index in [2.05, 4.69) is 103 Å². The fourth-order valence-corrected chi connectivity index (χ4v) is 4.92. The van der Waals surface area contributed by atoms with Gasteiger partial charge in [-0.15, -0.1) is 0 Å². The minimum Gasteiger partial charge on any atom is -0.0843 e. The second kappa shape index (κ2) is 7.27. The lowest BCUT2D eigenvalue weighted by Crippen LogP contribution is -1.91. The summed E-state index contributed by atoms with van der Waals surface area (Å²) in [5.74, 6) is 0. The van der Waals surface area contributed by atoms with Crippen LogP contribution >= 0.6 is 11.6 Å². The van der Waals surface area contributed by atoms with Gasteiger partial charge in [-0.05, 0) is 66.7 Å². The Labute approximate surface area is 186 Å². The van der Waals surface area contributed by atoms with E-state index in [1.165, 1.54) is 54.6 Å². The van der Waals surface area contributed by atoms with E-state index in [-0.39, 0.29) is 0 Å². The summed E-state index contributed by atoms with van der Waals surface area (Å²) in [7, 11) is 0. The van der Waals surface area contributed by atoms with Crippen molar-refractivity contribution in [1.82, 2.24) is 0 Å². The van der Waals surface area contributed by atoms with Crippen LogP contribution in [0.1, 0.15) is 0 Å². The maximum Gasteiger partial charge on any atom is 0.0406 e. The molecular weight excluding hydrogens is 396 g/mol. The zero-order chi connectivity index (χ0) is 20.8. The van der Waals surface area contributed by atoms with Crippen LogP contribution in [0.15, 0.2) is 115 Å². The topological polar surface area (TPSA) is 0 Å². The monoisotopic (exact) mass is 414 g/mol. The summed E-state index contributed by atoms with van der Waals surface area (Å²) in [6, 6.07) is 40.9. The van der Waals surface area contributed by atoms with Crippen LogP contribution in [0, 0.1) is 0 Å². The standard InChI is InChI=1S/C30H19Cl/c31-22-18-16-21(17-19-22)29-25-11-3-5-13-27(25)30(28-14-6-4-12-26(28)29)24-15-7-9-20-8-1-2-10-23(20)24/h1-19H. The molecule has 31 heavy (non-hydrogen) atoms. The van der Waals surface area contributed by atoms with Gasteiger partial charge in [-0.1, -0.05) is 115 Å². The van der Waals surface area contributed by atoms with E-state index < -0.39 is 0 Å². The molecule has 0 spiro atoms. The van der Waals surface area contributed by atoms with E-state index in [9.17, 15) is 0 Å². The fourth-order valence-electron chi connectivity index (χ4n) is 4.79. The number of hydrogen-bond acceptors (Lipinski definition) is 0. The third-order valence-electron chi connectivity index (χ3n) is 6.12. The molecule has 0 saturated carbocycles. The lowest BCUT2D eigenvalue weighted by molar-refractivity contribution is 1.66. The summed E-state index contributed by atoms with van der Waals surface area (Å²) in [5, 5.41) is 8.34. The molecule has 146 valence electrons. The van der Waals surface area contributed by atoms with E-state index in [0.29, 0.717) is 0 Å². The molecule has 0 aromatic heterocycles. The number of halogens is 1. The van der Waals surface area contributed by atoms with Gasteiger partial charge in [0.05, 0.1) is 0 Å². The summed E-state index contributed by atoms with van der Waals surface area (Å²) in [5.41, 5.74) is 5.00. The predicted octanol–water partition coefficient (Wildman–Crippen LogP) is 9.13. The number of rotatable bonds is 2. The van der Waals surface area contributed by atoms with Gasteiger partial charge in [0.25, 0.3) is 0 Å². The molecule has 0 nitrogen and oxygen atoms in total. The first-order chi connectivity index (χ1) is 15.3. The minimum atomic E-state index is 0.754. The van der Waals surface area contributed by atoms with Crippen LogP contribution in [0.3, 0.4) is 0 Å². The van der Waals surface area contributed by atoms with Crippen molar-refractivity contribution >= 4 is 43.9 Å². The molecule has 0 radical (unpaired) electrons. The Bertz CT molecular complexity index is 1510. The molecule has 0 atom stereocenters. The van der Waals surface area contributed by atoms with Gasteiger partial charge < -0.3 is 0 Å². The van der Waals surface area contributed by atoms with Crippen LogP contribution in [0.5, 0.6) is 0 Å².